The zero-order valence-corrected chi connectivity index (χ0v) is 48.0. The van der Waals surface area contributed by atoms with Gasteiger partial charge in [-0.15, -0.1) is 0 Å². The molecule has 420 valence electrons. The van der Waals surface area contributed by atoms with Gasteiger partial charge in [-0.1, -0.05) is 308 Å². The summed E-state index contributed by atoms with van der Waals surface area (Å²) in [5.41, 5.74) is 0. The molecule has 0 saturated heterocycles. The summed E-state index contributed by atoms with van der Waals surface area (Å²) in [5, 5.41) is 23.2. The number of aliphatic hydroxyl groups excluding tert-OH is 2. The highest BCUT2D eigenvalue weighted by atomic mass is 16.5. The van der Waals surface area contributed by atoms with Gasteiger partial charge in [-0.3, -0.25) is 9.59 Å². The molecule has 2 atom stereocenters. The Bertz CT molecular complexity index is 1110. The number of carbonyl (C=O) groups excluding carboxylic acids is 2. The first-order chi connectivity index (χ1) is 35.0. The molecular formula is C65H125NO5. The Kier molecular flexibility index (Phi) is 59.5. The fourth-order valence-electron chi connectivity index (χ4n) is 10.0. The van der Waals surface area contributed by atoms with E-state index in [2.05, 4.69) is 31.3 Å². The van der Waals surface area contributed by atoms with Gasteiger partial charge in [-0.05, 0) is 57.8 Å². The molecule has 1 amide bonds. The highest BCUT2D eigenvalue weighted by Gasteiger charge is 2.18. The van der Waals surface area contributed by atoms with Crippen LogP contribution in [0.1, 0.15) is 354 Å². The molecular weight excluding hydrogens is 875 g/mol. The fraction of sp³-hybridized carbons (Fsp3) is 0.908. The quantitative estimate of drug-likeness (QED) is 0.0320. The summed E-state index contributed by atoms with van der Waals surface area (Å²) in [6.07, 6.45) is 75.0. The number of rotatable bonds is 60. The topological polar surface area (TPSA) is 95.9 Å². The summed E-state index contributed by atoms with van der Waals surface area (Å²) in [7, 11) is 0. The van der Waals surface area contributed by atoms with Crippen molar-refractivity contribution in [1.29, 1.82) is 0 Å². The predicted octanol–water partition coefficient (Wildman–Crippen LogP) is 20.2. The van der Waals surface area contributed by atoms with Crippen molar-refractivity contribution in [2.24, 2.45) is 0 Å². The number of aliphatic hydroxyl groups is 2. The maximum Gasteiger partial charge on any atom is 0.305 e. The zero-order valence-electron chi connectivity index (χ0n) is 48.0. The average Bonchev–Trinajstić information content (AvgIpc) is 3.37. The van der Waals surface area contributed by atoms with Gasteiger partial charge in [0.05, 0.1) is 25.4 Å². The Hall–Kier alpha value is -1.66. The SMILES string of the molecule is CCCCCCCC/C=C\CCCCCCCCCCCC(=O)OCCCCCCCCCCCCCCCCCC(=O)NC(CO)C(O)/C=C/CCCCCCCCCCCCCCCCCCCC. The normalized spacial score (nSPS) is 12.7. The van der Waals surface area contributed by atoms with Crippen molar-refractivity contribution in [1.82, 2.24) is 5.32 Å². The third kappa shape index (κ3) is 57.5. The number of nitrogens with one attached hydrogen (secondary N) is 1. The number of amides is 1. The molecule has 0 bridgehead atoms. The van der Waals surface area contributed by atoms with Gasteiger partial charge in [0.15, 0.2) is 0 Å². The van der Waals surface area contributed by atoms with E-state index in [1.54, 1.807) is 6.08 Å². The summed E-state index contributed by atoms with van der Waals surface area (Å²) in [5.74, 6) is -0.0733. The minimum absolute atomic E-state index is 0.0000651. The first-order valence-electron chi connectivity index (χ1n) is 32.1. The monoisotopic (exact) mass is 1000 g/mol. The van der Waals surface area contributed by atoms with Crippen molar-refractivity contribution in [3.63, 3.8) is 0 Å². The van der Waals surface area contributed by atoms with E-state index in [0.717, 1.165) is 51.4 Å². The van der Waals surface area contributed by atoms with Crippen molar-refractivity contribution in [3.8, 4) is 0 Å². The minimum Gasteiger partial charge on any atom is -0.466 e. The summed E-state index contributed by atoms with van der Waals surface area (Å²) in [6, 6.07) is -0.635. The number of carbonyl (C=O) groups is 2. The number of ether oxygens (including phenoxy) is 1. The summed E-state index contributed by atoms with van der Waals surface area (Å²) >= 11 is 0. The highest BCUT2D eigenvalue weighted by Crippen LogP contribution is 2.18. The molecule has 0 saturated carbocycles. The van der Waals surface area contributed by atoms with Gasteiger partial charge < -0.3 is 20.3 Å². The molecule has 3 N–H and O–H groups in total. The third-order valence-electron chi connectivity index (χ3n) is 15.0. The molecule has 0 fully saturated rings. The average molecular weight is 1000 g/mol. The molecule has 71 heavy (non-hydrogen) atoms. The van der Waals surface area contributed by atoms with Crippen molar-refractivity contribution in [2.75, 3.05) is 13.2 Å². The lowest BCUT2D eigenvalue weighted by Gasteiger charge is -2.20. The number of esters is 1. The predicted molar refractivity (Wildman–Crippen MR) is 310 cm³/mol. The van der Waals surface area contributed by atoms with Crippen LogP contribution in [0.5, 0.6) is 0 Å². The van der Waals surface area contributed by atoms with Crippen LogP contribution >= 0.6 is 0 Å². The van der Waals surface area contributed by atoms with Crippen LogP contribution in [-0.2, 0) is 14.3 Å². The van der Waals surface area contributed by atoms with Crippen LogP contribution in [0.4, 0.5) is 0 Å². The molecule has 2 unspecified atom stereocenters. The lowest BCUT2D eigenvalue weighted by Crippen LogP contribution is -2.45. The van der Waals surface area contributed by atoms with E-state index < -0.39 is 12.1 Å². The summed E-state index contributed by atoms with van der Waals surface area (Å²) in [6.45, 7) is 4.91. The molecule has 0 spiro atoms. The molecule has 0 aromatic carbocycles. The molecule has 0 heterocycles. The van der Waals surface area contributed by atoms with Gasteiger partial charge in [-0.25, -0.2) is 0 Å². The minimum atomic E-state index is -0.851. The second-order valence-corrected chi connectivity index (χ2v) is 22.1. The Balaban J connectivity index is 3.44. The summed E-state index contributed by atoms with van der Waals surface area (Å²) in [4.78, 5) is 24.6. The Morgan fingerprint density at radius 2 is 0.662 bits per heavy atom. The third-order valence-corrected chi connectivity index (χ3v) is 15.0. The van der Waals surface area contributed by atoms with Gasteiger partial charge in [0.2, 0.25) is 5.91 Å². The van der Waals surface area contributed by atoms with Crippen molar-refractivity contribution < 1.29 is 24.5 Å². The van der Waals surface area contributed by atoms with E-state index in [4.69, 9.17) is 4.74 Å². The lowest BCUT2D eigenvalue weighted by atomic mass is 10.0. The molecule has 0 aromatic heterocycles. The number of hydrogen-bond acceptors (Lipinski definition) is 5. The van der Waals surface area contributed by atoms with E-state index >= 15 is 0 Å². The molecule has 0 aromatic rings. The van der Waals surface area contributed by atoms with Crippen LogP contribution in [0, 0.1) is 0 Å². The molecule has 6 heteroatoms. The van der Waals surface area contributed by atoms with Crippen molar-refractivity contribution >= 4 is 11.9 Å². The van der Waals surface area contributed by atoms with E-state index in [1.165, 1.54) is 276 Å². The lowest BCUT2D eigenvalue weighted by molar-refractivity contribution is -0.143. The zero-order chi connectivity index (χ0) is 51.4. The Morgan fingerprint density at radius 1 is 0.380 bits per heavy atom. The molecule has 0 aliphatic rings. The van der Waals surface area contributed by atoms with Crippen LogP contribution in [-0.4, -0.2) is 47.4 Å². The van der Waals surface area contributed by atoms with Gasteiger partial charge in [0, 0.05) is 12.8 Å². The molecule has 0 aliphatic carbocycles. The van der Waals surface area contributed by atoms with E-state index in [0.29, 0.717) is 19.4 Å². The summed E-state index contributed by atoms with van der Waals surface area (Å²) < 4.78 is 5.50. The standard InChI is InChI=1S/C65H125NO5/c1-3-5-7-9-11-13-15-17-19-21-23-25-26-29-33-37-41-45-49-53-57-63(68)62(61-67)66-64(69)58-54-50-46-42-38-34-30-28-32-36-40-44-48-52-56-60-71-65(70)59-55-51-47-43-39-35-31-27-24-22-20-18-16-14-12-10-8-6-4-2/h18,20,53,57,62-63,67-68H,3-17,19,21-52,54-56,58-61H2,1-2H3,(H,66,69)/b20-18-,57-53+. The fourth-order valence-corrected chi connectivity index (χ4v) is 10.0. The highest BCUT2D eigenvalue weighted by molar-refractivity contribution is 5.76. The van der Waals surface area contributed by atoms with Crippen LogP contribution < -0.4 is 5.32 Å². The second kappa shape index (κ2) is 60.9. The van der Waals surface area contributed by atoms with Crippen LogP contribution in [0.25, 0.3) is 0 Å². The van der Waals surface area contributed by atoms with Gasteiger partial charge in [0.25, 0.3) is 0 Å². The van der Waals surface area contributed by atoms with Crippen molar-refractivity contribution in [2.45, 2.75) is 366 Å². The first kappa shape index (κ1) is 69.3. The maximum absolute atomic E-state index is 12.5. The first-order valence-corrected chi connectivity index (χ1v) is 32.1. The maximum atomic E-state index is 12.5. The molecule has 0 rings (SSSR count). The van der Waals surface area contributed by atoms with E-state index in [9.17, 15) is 19.8 Å². The molecule has 6 nitrogen and oxygen atoms in total. The number of hydrogen-bond donors (Lipinski definition) is 3. The Morgan fingerprint density at radius 3 is 1.00 bits per heavy atom. The number of unbranched alkanes of at least 4 members (excludes halogenated alkanes) is 47. The van der Waals surface area contributed by atoms with E-state index in [-0.39, 0.29) is 18.5 Å². The van der Waals surface area contributed by atoms with Gasteiger partial charge in [0.1, 0.15) is 0 Å². The van der Waals surface area contributed by atoms with Crippen LogP contribution in [0.15, 0.2) is 24.3 Å². The van der Waals surface area contributed by atoms with Gasteiger partial charge in [-0.2, -0.15) is 0 Å². The van der Waals surface area contributed by atoms with Crippen LogP contribution in [0.3, 0.4) is 0 Å². The second-order valence-electron chi connectivity index (χ2n) is 22.1. The largest absolute Gasteiger partial charge is 0.466 e. The Labute approximate surface area is 443 Å². The van der Waals surface area contributed by atoms with Gasteiger partial charge >= 0.3 is 5.97 Å². The van der Waals surface area contributed by atoms with Crippen LogP contribution in [0.2, 0.25) is 0 Å². The van der Waals surface area contributed by atoms with Crippen molar-refractivity contribution in [3.05, 3.63) is 24.3 Å². The van der Waals surface area contributed by atoms with E-state index in [1.807, 2.05) is 6.08 Å². The number of allylic oxidation sites excluding steroid dienone is 3. The smallest absolute Gasteiger partial charge is 0.305 e. The molecule has 0 aliphatic heterocycles. The molecule has 0 radical (unpaired) electrons.